The zero-order valence-corrected chi connectivity index (χ0v) is 17.9. The first kappa shape index (κ1) is 21.4. The van der Waals surface area contributed by atoms with Gasteiger partial charge in [0.2, 0.25) is 0 Å². The van der Waals surface area contributed by atoms with E-state index in [0.29, 0.717) is 23.7 Å². The molecule has 0 radical (unpaired) electrons. The van der Waals surface area contributed by atoms with Gasteiger partial charge in [-0.05, 0) is 49.2 Å². The maximum absolute atomic E-state index is 13.1. The van der Waals surface area contributed by atoms with Crippen molar-refractivity contribution in [1.29, 1.82) is 0 Å². The van der Waals surface area contributed by atoms with Crippen molar-refractivity contribution in [2.75, 3.05) is 20.8 Å². The minimum absolute atomic E-state index is 0.0822. The molecule has 0 aliphatic rings. The van der Waals surface area contributed by atoms with E-state index in [-0.39, 0.29) is 11.9 Å². The average molecular weight is 409 g/mol. The molecule has 1 atom stereocenters. The summed E-state index contributed by atoms with van der Waals surface area (Å²) in [5.41, 5.74) is 2.50. The van der Waals surface area contributed by atoms with E-state index in [1.807, 2.05) is 31.2 Å². The van der Waals surface area contributed by atoms with Gasteiger partial charge in [0.25, 0.3) is 5.91 Å². The molecule has 7 nitrogen and oxygen atoms in total. The topological polar surface area (TPSA) is 69.5 Å². The van der Waals surface area contributed by atoms with Crippen molar-refractivity contribution in [3.8, 4) is 17.2 Å². The highest BCUT2D eigenvalue weighted by atomic mass is 16.5. The molecule has 1 heterocycles. The Bertz CT molecular complexity index is 955. The summed E-state index contributed by atoms with van der Waals surface area (Å²) in [6, 6.07) is 13.1. The van der Waals surface area contributed by atoms with Crippen molar-refractivity contribution in [3.05, 3.63) is 66.2 Å². The maximum Gasteiger partial charge on any atom is 0.254 e. The second-order valence-corrected chi connectivity index (χ2v) is 7.09. The van der Waals surface area contributed by atoms with Gasteiger partial charge in [0.15, 0.2) is 11.5 Å². The molecule has 0 N–H and O–H groups in total. The number of nitrogens with zero attached hydrogens (tertiary/aromatic N) is 4. The zero-order valence-electron chi connectivity index (χ0n) is 17.9. The van der Waals surface area contributed by atoms with Crippen molar-refractivity contribution in [2.45, 2.75) is 32.7 Å². The normalized spacial score (nSPS) is 11.7. The summed E-state index contributed by atoms with van der Waals surface area (Å²) in [6.45, 7) is 4.74. The third-order valence-electron chi connectivity index (χ3n) is 5.13. The highest BCUT2D eigenvalue weighted by Gasteiger charge is 2.20. The monoisotopic (exact) mass is 408 g/mol. The molecule has 0 spiro atoms. The number of carbonyl (C=O) groups excluding carboxylic acids is 1. The lowest BCUT2D eigenvalue weighted by molar-refractivity contribution is 0.0742. The van der Waals surface area contributed by atoms with Gasteiger partial charge in [0.05, 0.1) is 25.4 Å². The number of amides is 1. The Morgan fingerprint density at radius 2 is 1.93 bits per heavy atom. The van der Waals surface area contributed by atoms with Crippen LogP contribution in [0.15, 0.2) is 55.1 Å². The van der Waals surface area contributed by atoms with E-state index in [2.05, 4.69) is 17.0 Å². The van der Waals surface area contributed by atoms with Crippen LogP contribution in [0, 0.1) is 0 Å². The van der Waals surface area contributed by atoms with Gasteiger partial charge < -0.3 is 14.4 Å². The molecule has 0 bridgehead atoms. The van der Waals surface area contributed by atoms with Gasteiger partial charge in [0.1, 0.15) is 12.7 Å². The van der Waals surface area contributed by atoms with Crippen LogP contribution in [-0.2, 0) is 0 Å². The fraction of sp³-hybridized carbons (Fsp3) is 0.348. The summed E-state index contributed by atoms with van der Waals surface area (Å²) in [5.74, 6) is 1.14. The van der Waals surface area contributed by atoms with Gasteiger partial charge >= 0.3 is 0 Å². The number of unbranched alkanes of at least 4 members (excludes halogenated alkanes) is 1. The molecule has 2 aromatic carbocycles. The molecule has 158 valence electrons. The second kappa shape index (κ2) is 9.91. The molecular formula is C23H28N4O3. The molecule has 1 amide bonds. The van der Waals surface area contributed by atoms with Crippen molar-refractivity contribution in [3.63, 3.8) is 0 Å². The molecular weight excluding hydrogens is 380 g/mol. The van der Waals surface area contributed by atoms with Gasteiger partial charge in [-0.25, -0.2) is 9.67 Å². The summed E-state index contributed by atoms with van der Waals surface area (Å²) < 4.78 is 12.9. The summed E-state index contributed by atoms with van der Waals surface area (Å²) in [5, 5.41) is 4.13. The fourth-order valence-electron chi connectivity index (χ4n) is 3.10. The molecule has 0 fully saturated rings. The molecule has 3 rings (SSSR count). The van der Waals surface area contributed by atoms with Gasteiger partial charge in [-0.2, -0.15) is 5.10 Å². The Balaban J connectivity index is 1.72. The first-order valence-electron chi connectivity index (χ1n) is 10.1. The van der Waals surface area contributed by atoms with Gasteiger partial charge in [0, 0.05) is 12.6 Å². The summed E-state index contributed by atoms with van der Waals surface area (Å²) >= 11 is 0. The van der Waals surface area contributed by atoms with Crippen LogP contribution < -0.4 is 9.47 Å². The highest BCUT2D eigenvalue weighted by molar-refractivity contribution is 5.95. The Kier molecular flexibility index (Phi) is 7.06. The third-order valence-corrected chi connectivity index (χ3v) is 5.13. The van der Waals surface area contributed by atoms with Gasteiger partial charge in [-0.1, -0.05) is 25.5 Å². The van der Waals surface area contributed by atoms with Crippen molar-refractivity contribution < 1.29 is 14.3 Å². The minimum atomic E-state index is -0.103. The third kappa shape index (κ3) is 4.79. The predicted octanol–water partition coefficient (Wildman–Crippen LogP) is 4.29. The number of carbonyl (C=O) groups is 1. The fourth-order valence-corrected chi connectivity index (χ4v) is 3.10. The molecule has 0 saturated carbocycles. The quantitative estimate of drug-likeness (QED) is 0.494. The van der Waals surface area contributed by atoms with Crippen LogP contribution in [0.25, 0.3) is 5.69 Å². The van der Waals surface area contributed by atoms with Crippen LogP contribution in [0.2, 0.25) is 0 Å². The average Bonchev–Trinajstić information content (AvgIpc) is 3.33. The van der Waals surface area contributed by atoms with Crippen molar-refractivity contribution in [2.24, 2.45) is 0 Å². The van der Waals surface area contributed by atoms with Crippen LogP contribution in [0.3, 0.4) is 0 Å². The lowest BCUT2D eigenvalue weighted by atomic mass is 10.1. The van der Waals surface area contributed by atoms with Gasteiger partial charge in [-0.3, -0.25) is 4.79 Å². The molecule has 7 heteroatoms. The molecule has 0 unspecified atom stereocenters. The number of hydrogen-bond acceptors (Lipinski definition) is 5. The van der Waals surface area contributed by atoms with Gasteiger partial charge in [-0.15, -0.1) is 0 Å². The molecule has 1 aromatic heterocycles. The molecule has 0 aliphatic carbocycles. The number of ether oxygens (including phenoxy) is 2. The maximum atomic E-state index is 13.1. The van der Waals surface area contributed by atoms with Crippen LogP contribution in [-0.4, -0.2) is 46.3 Å². The first-order chi connectivity index (χ1) is 14.5. The van der Waals surface area contributed by atoms with Crippen molar-refractivity contribution >= 4 is 5.91 Å². The summed E-state index contributed by atoms with van der Waals surface area (Å²) in [7, 11) is 3.38. The smallest absolute Gasteiger partial charge is 0.254 e. The predicted molar refractivity (Wildman–Crippen MR) is 115 cm³/mol. The molecule has 0 aliphatic heterocycles. The number of methoxy groups -OCH3 is 1. The van der Waals surface area contributed by atoms with E-state index in [1.165, 1.54) is 6.33 Å². The standard InChI is InChI=1S/C23H28N4O3/c1-5-6-13-30-21-12-9-19(14-22(21)29-4)23(28)26(3)17(2)18-7-10-20(11-8-18)27-16-24-15-25-27/h7-12,14-17H,5-6,13H2,1-4H3/t17-/m0/s1. The van der Waals surface area contributed by atoms with Crippen molar-refractivity contribution in [1.82, 2.24) is 19.7 Å². The number of rotatable bonds is 9. The Morgan fingerprint density at radius 3 is 2.57 bits per heavy atom. The van der Waals surface area contributed by atoms with Crippen LogP contribution in [0.5, 0.6) is 11.5 Å². The zero-order chi connectivity index (χ0) is 21.5. The lowest BCUT2D eigenvalue weighted by Crippen LogP contribution is -2.29. The van der Waals surface area contributed by atoms with Crippen LogP contribution >= 0.6 is 0 Å². The Labute approximate surface area is 177 Å². The van der Waals surface area contributed by atoms with E-state index in [4.69, 9.17) is 9.47 Å². The molecule has 30 heavy (non-hydrogen) atoms. The lowest BCUT2D eigenvalue weighted by Gasteiger charge is -2.26. The van der Waals surface area contributed by atoms with Crippen LogP contribution in [0.1, 0.15) is 48.7 Å². The second-order valence-electron chi connectivity index (χ2n) is 7.09. The molecule has 0 saturated heterocycles. The molecule has 3 aromatic rings. The largest absolute Gasteiger partial charge is 0.493 e. The van der Waals surface area contributed by atoms with E-state index < -0.39 is 0 Å². The first-order valence-corrected chi connectivity index (χ1v) is 10.1. The summed E-state index contributed by atoms with van der Waals surface area (Å²) in [4.78, 5) is 18.7. The Morgan fingerprint density at radius 1 is 1.17 bits per heavy atom. The SMILES string of the molecule is CCCCOc1ccc(C(=O)N(C)[C@@H](C)c2ccc(-n3cncn3)cc2)cc1OC. The Hall–Kier alpha value is -3.35. The van der Waals surface area contributed by atoms with E-state index in [9.17, 15) is 4.79 Å². The number of benzene rings is 2. The summed E-state index contributed by atoms with van der Waals surface area (Å²) in [6.07, 6.45) is 5.18. The number of aromatic nitrogens is 3. The number of hydrogen-bond donors (Lipinski definition) is 0. The van der Waals surface area contributed by atoms with E-state index in [1.54, 1.807) is 48.3 Å². The highest BCUT2D eigenvalue weighted by Crippen LogP contribution is 2.30. The minimum Gasteiger partial charge on any atom is -0.493 e. The van der Waals surface area contributed by atoms with E-state index >= 15 is 0 Å². The van der Waals surface area contributed by atoms with E-state index in [0.717, 1.165) is 24.1 Å². The van der Waals surface area contributed by atoms with Crippen LogP contribution in [0.4, 0.5) is 0 Å².